The van der Waals surface area contributed by atoms with Crippen molar-refractivity contribution in [3.05, 3.63) is 117 Å². The Kier molecular flexibility index (Phi) is 5.90. The number of carbonyl (C=O) groups excluding carboxylic acids is 2. The second-order valence-corrected chi connectivity index (χ2v) is 9.11. The van der Waals surface area contributed by atoms with Gasteiger partial charge in [-0.05, 0) is 72.6 Å². The minimum atomic E-state index is -0.524. The molecule has 5 nitrogen and oxygen atoms in total. The van der Waals surface area contributed by atoms with E-state index in [1.54, 1.807) is 30.3 Å². The van der Waals surface area contributed by atoms with Gasteiger partial charge in [0, 0.05) is 40.4 Å². The van der Waals surface area contributed by atoms with Gasteiger partial charge in [-0.15, -0.1) is 0 Å². The molecule has 0 aliphatic carbocycles. The monoisotopic (exact) mass is 489 g/mol. The lowest BCUT2D eigenvalue weighted by molar-refractivity contribution is 0.0966. The molecule has 2 heterocycles. The van der Waals surface area contributed by atoms with E-state index >= 15 is 0 Å². The van der Waals surface area contributed by atoms with Gasteiger partial charge in [0.05, 0.1) is 10.6 Å². The van der Waals surface area contributed by atoms with Crippen LogP contribution in [0.15, 0.2) is 79.0 Å². The first-order valence-corrected chi connectivity index (χ1v) is 11.6. The highest BCUT2D eigenvalue weighted by molar-refractivity contribution is 6.36. The fourth-order valence-electron chi connectivity index (χ4n) is 4.23. The second-order valence-electron chi connectivity index (χ2n) is 8.27. The molecule has 1 amide bonds. The van der Waals surface area contributed by atoms with Crippen molar-refractivity contribution in [3.8, 4) is 0 Å². The highest BCUT2D eigenvalue weighted by atomic mass is 35.5. The van der Waals surface area contributed by atoms with Gasteiger partial charge in [-0.1, -0.05) is 41.4 Å². The normalized spacial score (nSPS) is 14.4. The van der Waals surface area contributed by atoms with Crippen LogP contribution >= 0.6 is 23.2 Å². The number of carbonyl (C=O) groups is 2. The van der Waals surface area contributed by atoms with Gasteiger partial charge in [0.1, 0.15) is 6.04 Å². The molecule has 1 unspecified atom stereocenters. The molecule has 0 spiro atoms. The molecule has 34 heavy (non-hydrogen) atoms. The van der Waals surface area contributed by atoms with Crippen LogP contribution in [0.1, 0.15) is 43.6 Å². The third-order valence-corrected chi connectivity index (χ3v) is 6.58. The Labute approximate surface area is 207 Å². The van der Waals surface area contributed by atoms with Gasteiger partial charge >= 0.3 is 0 Å². The van der Waals surface area contributed by atoms with Crippen LogP contribution in [-0.2, 0) is 6.54 Å². The zero-order chi connectivity index (χ0) is 23.8. The Morgan fingerprint density at radius 3 is 2.65 bits per heavy atom. The number of benzene rings is 3. The number of nitrogens with zero attached hydrogens (tertiary/aromatic N) is 1. The number of halogens is 2. The number of Topliss-reactive ketones (excluding diaryl/α,β-unsaturated/α-hetero) is 1. The number of rotatable bonds is 4. The highest BCUT2D eigenvalue weighted by Crippen LogP contribution is 2.32. The summed E-state index contributed by atoms with van der Waals surface area (Å²) < 4.78 is 2.09. The van der Waals surface area contributed by atoms with Crippen molar-refractivity contribution in [3.63, 3.8) is 0 Å². The minimum Gasteiger partial charge on any atom is -0.370 e. The number of ketones is 1. The Hall–Kier alpha value is -3.54. The standard InChI is InChI=1S/C27H21Cl2N3O2/c1-16-13-17(8-11-22(16)31-27(34)20-14-19(28)9-10-21(20)29)26(33)25-24-7-4-12-32(24)15-18-5-2-3-6-23(18)30-25/h2-14,25,30H,15H2,1H3,(H,31,34). The lowest BCUT2D eigenvalue weighted by atomic mass is 9.98. The van der Waals surface area contributed by atoms with Crippen LogP contribution in [0.4, 0.5) is 11.4 Å². The van der Waals surface area contributed by atoms with Gasteiger partial charge in [-0.3, -0.25) is 9.59 Å². The van der Waals surface area contributed by atoms with Gasteiger partial charge < -0.3 is 15.2 Å². The minimum absolute atomic E-state index is 0.0458. The van der Waals surface area contributed by atoms with Crippen LogP contribution in [-0.4, -0.2) is 16.3 Å². The summed E-state index contributed by atoms with van der Waals surface area (Å²) in [5, 5.41) is 7.03. The SMILES string of the molecule is Cc1cc(C(=O)C2Nc3ccccc3Cn3cccc32)ccc1NC(=O)c1cc(Cl)ccc1Cl. The predicted octanol–water partition coefficient (Wildman–Crippen LogP) is 6.75. The molecule has 1 aliphatic rings. The largest absolute Gasteiger partial charge is 0.370 e. The number of aromatic nitrogens is 1. The third-order valence-electron chi connectivity index (χ3n) is 6.01. The zero-order valence-corrected chi connectivity index (χ0v) is 19.8. The fourth-order valence-corrected chi connectivity index (χ4v) is 4.61. The Morgan fingerprint density at radius 2 is 1.82 bits per heavy atom. The Bertz CT molecular complexity index is 1430. The van der Waals surface area contributed by atoms with Crippen molar-refractivity contribution in [2.24, 2.45) is 0 Å². The average Bonchev–Trinajstić information content (AvgIpc) is 3.22. The summed E-state index contributed by atoms with van der Waals surface area (Å²) in [6, 6.07) is 21.4. The molecule has 4 aromatic rings. The van der Waals surface area contributed by atoms with Crippen LogP contribution in [0.5, 0.6) is 0 Å². The molecule has 3 aromatic carbocycles. The van der Waals surface area contributed by atoms with Crippen LogP contribution in [0.3, 0.4) is 0 Å². The molecular formula is C27H21Cl2N3O2. The summed E-state index contributed by atoms with van der Waals surface area (Å²) in [5.74, 6) is -0.412. The van der Waals surface area contributed by atoms with Crippen molar-refractivity contribution in [1.29, 1.82) is 0 Å². The van der Waals surface area contributed by atoms with Gasteiger partial charge in [-0.2, -0.15) is 0 Å². The molecule has 0 fully saturated rings. The number of hydrogen-bond donors (Lipinski definition) is 2. The average molecular weight is 490 g/mol. The van der Waals surface area contributed by atoms with Crippen LogP contribution in [0.25, 0.3) is 0 Å². The second kappa shape index (κ2) is 9.01. The quantitative estimate of drug-likeness (QED) is 0.311. The summed E-state index contributed by atoms with van der Waals surface area (Å²) in [5.41, 5.74) is 5.19. The summed E-state index contributed by atoms with van der Waals surface area (Å²) in [7, 11) is 0. The van der Waals surface area contributed by atoms with E-state index in [2.05, 4.69) is 21.3 Å². The Balaban J connectivity index is 1.42. The topological polar surface area (TPSA) is 63.1 Å². The smallest absolute Gasteiger partial charge is 0.257 e. The van der Waals surface area contributed by atoms with Crippen molar-refractivity contribution in [1.82, 2.24) is 4.57 Å². The maximum atomic E-state index is 13.6. The summed E-state index contributed by atoms with van der Waals surface area (Å²) >= 11 is 12.2. The molecule has 0 radical (unpaired) electrons. The highest BCUT2D eigenvalue weighted by Gasteiger charge is 2.28. The zero-order valence-electron chi connectivity index (χ0n) is 18.3. The fraction of sp³-hybridized carbons (Fsp3) is 0.111. The van der Waals surface area contributed by atoms with E-state index in [-0.39, 0.29) is 17.3 Å². The summed E-state index contributed by atoms with van der Waals surface area (Å²) in [6.07, 6.45) is 1.99. The van der Waals surface area contributed by atoms with Crippen molar-refractivity contribution < 1.29 is 9.59 Å². The number of nitrogens with one attached hydrogen (secondary N) is 2. The van der Waals surface area contributed by atoms with Gasteiger partial charge in [-0.25, -0.2) is 0 Å². The first-order valence-electron chi connectivity index (χ1n) is 10.8. The van der Waals surface area contributed by atoms with Gasteiger partial charge in [0.2, 0.25) is 0 Å². The molecular weight excluding hydrogens is 469 g/mol. The van der Waals surface area contributed by atoms with Gasteiger partial charge in [0.15, 0.2) is 5.78 Å². The van der Waals surface area contributed by atoms with E-state index < -0.39 is 6.04 Å². The third kappa shape index (κ3) is 4.20. The molecule has 1 atom stereocenters. The summed E-state index contributed by atoms with van der Waals surface area (Å²) in [6.45, 7) is 2.55. The van der Waals surface area contributed by atoms with Gasteiger partial charge in [0.25, 0.3) is 5.91 Å². The first kappa shape index (κ1) is 22.3. The number of aryl methyl sites for hydroxylation is 1. The van der Waals surface area contributed by atoms with Crippen molar-refractivity contribution >= 4 is 46.3 Å². The Morgan fingerprint density at radius 1 is 1.00 bits per heavy atom. The maximum Gasteiger partial charge on any atom is 0.257 e. The number of hydrogen-bond acceptors (Lipinski definition) is 3. The van der Waals surface area contributed by atoms with E-state index in [1.165, 1.54) is 6.07 Å². The molecule has 170 valence electrons. The molecule has 0 saturated heterocycles. The molecule has 0 saturated carbocycles. The predicted molar refractivity (Wildman–Crippen MR) is 136 cm³/mol. The van der Waals surface area contributed by atoms with Crippen LogP contribution < -0.4 is 10.6 Å². The number of fused-ring (bicyclic) bond motifs is 2. The molecule has 1 aromatic heterocycles. The van der Waals surface area contributed by atoms with E-state index in [0.29, 0.717) is 27.8 Å². The maximum absolute atomic E-state index is 13.6. The molecule has 5 rings (SSSR count). The van der Waals surface area contributed by atoms with E-state index in [1.807, 2.05) is 43.5 Å². The number of amides is 1. The molecule has 1 aliphatic heterocycles. The van der Waals surface area contributed by atoms with Crippen molar-refractivity contribution in [2.75, 3.05) is 10.6 Å². The van der Waals surface area contributed by atoms with Crippen LogP contribution in [0.2, 0.25) is 10.0 Å². The lowest BCUT2D eigenvalue weighted by Crippen LogP contribution is -2.22. The van der Waals surface area contributed by atoms with E-state index in [9.17, 15) is 9.59 Å². The van der Waals surface area contributed by atoms with Crippen LogP contribution in [0, 0.1) is 6.92 Å². The molecule has 7 heteroatoms. The van der Waals surface area contributed by atoms with E-state index in [4.69, 9.17) is 23.2 Å². The lowest BCUT2D eigenvalue weighted by Gasteiger charge is -2.19. The van der Waals surface area contributed by atoms with E-state index in [0.717, 1.165) is 22.5 Å². The summed E-state index contributed by atoms with van der Waals surface area (Å²) in [4.78, 5) is 26.4. The number of para-hydroxylation sites is 1. The molecule has 2 N–H and O–H groups in total. The molecule has 0 bridgehead atoms. The van der Waals surface area contributed by atoms with Crippen molar-refractivity contribution in [2.45, 2.75) is 19.5 Å². The number of anilines is 2. The first-order chi connectivity index (χ1) is 16.4.